The number of piperidine rings is 1. The zero-order chi connectivity index (χ0) is 24.8. The van der Waals surface area contributed by atoms with Crippen molar-refractivity contribution in [1.29, 1.82) is 0 Å². The van der Waals surface area contributed by atoms with E-state index in [0.717, 1.165) is 0 Å². The van der Waals surface area contributed by atoms with Gasteiger partial charge < -0.3 is 23.8 Å². The third-order valence-corrected chi connectivity index (χ3v) is 5.77. The number of esters is 1. The van der Waals surface area contributed by atoms with Gasteiger partial charge in [-0.2, -0.15) is 0 Å². The van der Waals surface area contributed by atoms with Gasteiger partial charge in [0.2, 0.25) is 5.91 Å². The number of amides is 2. The number of nitro groups is 1. The van der Waals surface area contributed by atoms with Gasteiger partial charge in [-0.15, -0.1) is 0 Å². The predicted octanol–water partition coefficient (Wildman–Crippen LogP) is 2.00. The van der Waals surface area contributed by atoms with Crippen molar-refractivity contribution in [3.8, 4) is 11.5 Å². The van der Waals surface area contributed by atoms with Gasteiger partial charge in [-0.05, 0) is 31.9 Å². The summed E-state index contributed by atoms with van der Waals surface area (Å²) in [6.07, 6.45) is 2.98. The maximum Gasteiger partial charge on any atom is 0.410 e. The number of hydrogen-bond donors (Lipinski definition) is 0. The molecule has 34 heavy (non-hydrogen) atoms. The van der Waals surface area contributed by atoms with E-state index < -0.39 is 23.0 Å². The molecule has 0 spiro atoms. The summed E-state index contributed by atoms with van der Waals surface area (Å²) in [7, 11) is 2.79. The topological polar surface area (TPSA) is 138 Å². The van der Waals surface area contributed by atoms with Crippen LogP contribution in [0.4, 0.5) is 10.5 Å². The van der Waals surface area contributed by atoms with E-state index in [1.54, 1.807) is 11.8 Å². The average molecular weight is 477 g/mol. The molecule has 3 rings (SSSR count). The first kappa shape index (κ1) is 24.8. The highest BCUT2D eigenvalue weighted by atomic mass is 16.6. The van der Waals surface area contributed by atoms with Crippen LogP contribution in [-0.2, 0) is 19.1 Å². The van der Waals surface area contributed by atoms with Gasteiger partial charge in [-0.1, -0.05) is 0 Å². The molecule has 1 aromatic rings. The fourth-order valence-electron chi connectivity index (χ4n) is 4.06. The van der Waals surface area contributed by atoms with Gasteiger partial charge in [0.1, 0.15) is 6.61 Å². The van der Waals surface area contributed by atoms with Crippen molar-refractivity contribution in [3.05, 3.63) is 33.9 Å². The van der Waals surface area contributed by atoms with E-state index in [9.17, 15) is 24.5 Å². The molecular weight excluding hydrogens is 450 g/mol. The Morgan fingerprint density at radius 1 is 1.21 bits per heavy atom. The molecule has 0 bridgehead atoms. The number of methoxy groups -OCH3 is 2. The molecule has 1 unspecified atom stereocenters. The molecule has 2 saturated heterocycles. The fourth-order valence-corrected chi connectivity index (χ4v) is 4.06. The minimum Gasteiger partial charge on any atom is -0.493 e. The Bertz CT molecular complexity index is 986. The van der Waals surface area contributed by atoms with Crippen LogP contribution >= 0.6 is 0 Å². The summed E-state index contributed by atoms with van der Waals surface area (Å²) in [5.41, 5.74) is -0.0269. The maximum atomic E-state index is 12.7. The van der Waals surface area contributed by atoms with Gasteiger partial charge in [0, 0.05) is 25.2 Å². The van der Waals surface area contributed by atoms with Crippen LogP contribution in [0.1, 0.15) is 25.3 Å². The smallest absolute Gasteiger partial charge is 0.410 e. The van der Waals surface area contributed by atoms with E-state index in [1.165, 1.54) is 43.4 Å². The van der Waals surface area contributed by atoms with Gasteiger partial charge in [0.05, 0.1) is 37.4 Å². The molecule has 2 aliphatic heterocycles. The first-order valence-electron chi connectivity index (χ1n) is 10.8. The van der Waals surface area contributed by atoms with Crippen molar-refractivity contribution < 1.29 is 38.3 Å². The van der Waals surface area contributed by atoms with Crippen molar-refractivity contribution in [2.24, 2.45) is 0 Å². The lowest BCUT2D eigenvalue weighted by molar-refractivity contribution is -0.385. The Kier molecular flexibility index (Phi) is 7.92. The summed E-state index contributed by atoms with van der Waals surface area (Å²) in [4.78, 5) is 50.9. The zero-order valence-electron chi connectivity index (χ0n) is 19.2. The molecule has 0 aromatic heterocycles. The van der Waals surface area contributed by atoms with E-state index in [1.807, 2.05) is 0 Å². The molecule has 1 atom stereocenters. The van der Waals surface area contributed by atoms with Crippen molar-refractivity contribution in [2.75, 3.05) is 40.5 Å². The molecule has 0 aliphatic carbocycles. The van der Waals surface area contributed by atoms with Gasteiger partial charge in [-0.3, -0.25) is 19.8 Å². The molecule has 2 aliphatic rings. The second-order valence-electron chi connectivity index (χ2n) is 7.66. The minimum atomic E-state index is -0.787. The van der Waals surface area contributed by atoms with E-state index in [4.69, 9.17) is 18.9 Å². The highest BCUT2D eigenvalue weighted by molar-refractivity contribution is 5.92. The number of likely N-dealkylation sites (tertiary alicyclic amines) is 1. The normalized spacial score (nSPS) is 18.7. The molecule has 1 aromatic carbocycles. The summed E-state index contributed by atoms with van der Waals surface area (Å²) in [6, 6.07) is 1.62. The van der Waals surface area contributed by atoms with Gasteiger partial charge in [0.25, 0.3) is 5.69 Å². The van der Waals surface area contributed by atoms with Crippen molar-refractivity contribution in [1.82, 2.24) is 9.80 Å². The molecule has 0 saturated carbocycles. The van der Waals surface area contributed by atoms with Crippen LogP contribution in [0, 0.1) is 10.1 Å². The van der Waals surface area contributed by atoms with Gasteiger partial charge >= 0.3 is 12.1 Å². The summed E-state index contributed by atoms with van der Waals surface area (Å²) in [6.45, 7) is 2.54. The lowest BCUT2D eigenvalue weighted by Crippen LogP contribution is -2.51. The fraction of sp³-hybridized carbons (Fsp3) is 0.500. The van der Waals surface area contributed by atoms with Crippen molar-refractivity contribution in [2.45, 2.75) is 31.8 Å². The second-order valence-corrected chi connectivity index (χ2v) is 7.66. The third kappa shape index (κ3) is 5.21. The highest BCUT2D eigenvalue weighted by Crippen LogP contribution is 2.35. The molecule has 12 heteroatoms. The van der Waals surface area contributed by atoms with Crippen LogP contribution in [0.25, 0.3) is 6.08 Å². The number of carbonyl (C=O) groups excluding carboxylic acids is 3. The van der Waals surface area contributed by atoms with E-state index in [-0.39, 0.29) is 42.2 Å². The molecule has 0 radical (unpaired) electrons. The molecule has 12 nitrogen and oxygen atoms in total. The average Bonchev–Trinajstić information content (AvgIpc) is 3.23. The number of nitro benzene ring substituents is 1. The van der Waals surface area contributed by atoms with E-state index >= 15 is 0 Å². The third-order valence-electron chi connectivity index (χ3n) is 5.77. The summed E-state index contributed by atoms with van der Waals surface area (Å²) >= 11 is 0. The van der Waals surface area contributed by atoms with Gasteiger partial charge in [-0.25, -0.2) is 9.59 Å². The Balaban J connectivity index is 1.67. The number of carbonyl (C=O) groups is 3. The number of rotatable bonds is 8. The number of cyclic esters (lactones) is 1. The molecule has 2 heterocycles. The monoisotopic (exact) mass is 477 g/mol. The first-order valence-corrected chi connectivity index (χ1v) is 10.8. The minimum absolute atomic E-state index is 0.0519. The van der Waals surface area contributed by atoms with Crippen LogP contribution in [0.2, 0.25) is 0 Å². The van der Waals surface area contributed by atoms with Gasteiger partial charge in [0.15, 0.2) is 17.5 Å². The SMILES string of the molecule is CCOC(=O)C1COC(=O)N1C1CCN(C(=O)C=Cc2cc(OC)c(OC)cc2[N+](=O)[O-])CC1. The number of benzene rings is 1. The Labute approximate surface area is 196 Å². The summed E-state index contributed by atoms with van der Waals surface area (Å²) in [5, 5.41) is 11.4. The molecule has 0 N–H and O–H groups in total. The molecule has 184 valence electrons. The Morgan fingerprint density at radius 2 is 1.85 bits per heavy atom. The van der Waals surface area contributed by atoms with Crippen molar-refractivity contribution in [3.63, 3.8) is 0 Å². The molecular formula is C22H27N3O9. The largest absolute Gasteiger partial charge is 0.493 e. The van der Waals surface area contributed by atoms with Crippen LogP contribution in [-0.4, -0.2) is 85.3 Å². The summed E-state index contributed by atoms with van der Waals surface area (Å²) in [5.74, 6) is -0.323. The van der Waals surface area contributed by atoms with Crippen LogP contribution in [0.5, 0.6) is 11.5 Å². The van der Waals surface area contributed by atoms with Crippen LogP contribution in [0.3, 0.4) is 0 Å². The second kappa shape index (κ2) is 10.9. The predicted molar refractivity (Wildman–Crippen MR) is 118 cm³/mol. The number of nitrogens with zero attached hydrogens (tertiary/aromatic N) is 3. The number of ether oxygens (including phenoxy) is 4. The molecule has 2 fully saturated rings. The standard InChI is InChI=1S/C22H27N3O9/c1-4-33-21(27)17-13-34-22(28)24(17)15-7-9-23(10-8-15)20(26)6-5-14-11-18(31-2)19(32-3)12-16(14)25(29)30/h5-6,11-12,15,17H,4,7-10,13H2,1-3H3. The zero-order valence-corrected chi connectivity index (χ0v) is 19.2. The summed E-state index contributed by atoms with van der Waals surface area (Å²) < 4.78 is 20.4. The quantitative estimate of drug-likeness (QED) is 0.238. The lowest BCUT2D eigenvalue weighted by Gasteiger charge is -2.36. The van der Waals surface area contributed by atoms with E-state index in [0.29, 0.717) is 31.7 Å². The van der Waals surface area contributed by atoms with Crippen molar-refractivity contribution >= 4 is 29.7 Å². The lowest BCUT2D eigenvalue weighted by atomic mass is 10.0. The van der Waals surface area contributed by atoms with Crippen LogP contribution < -0.4 is 9.47 Å². The first-order chi connectivity index (χ1) is 16.3. The Morgan fingerprint density at radius 3 is 2.44 bits per heavy atom. The van der Waals surface area contributed by atoms with Crippen LogP contribution in [0.15, 0.2) is 18.2 Å². The Hall–Kier alpha value is -3.83. The molecule has 2 amide bonds. The number of hydrogen-bond acceptors (Lipinski definition) is 9. The maximum absolute atomic E-state index is 12.7. The van der Waals surface area contributed by atoms with E-state index in [2.05, 4.69) is 0 Å². The highest BCUT2D eigenvalue weighted by Gasteiger charge is 2.44.